The first-order valence-corrected chi connectivity index (χ1v) is 7.42. The zero-order valence-corrected chi connectivity index (χ0v) is 12.6. The minimum Gasteiger partial charge on any atom is -0.389 e. The highest BCUT2D eigenvalue weighted by Crippen LogP contribution is 2.35. The summed E-state index contributed by atoms with van der Waals surface area (Å²) in [6, 6.07) is 1.95. The van der Waals surface area contributed by atoms with Gasteiger partial charge in [0.2, 0.25) is 0 Å². The maximum Gasteiger partial charge on any atom is 0.136 e. The first-order valence-electron chi connectivity index (χ1n) is 7.01. The standard InChI is InChI=1S/C15H23N3S/c1-11-6-9-17-14(12(11)13(16)19)18-10-15(2)7-4-3-5-8-15/h6,9H,3-5,7-8,10H2,1-2H3,(H2,16,19)(H,17,18). The molecule has 1 aromatic heterocycles. The lowest BCUT2D eigenvalue weighted by molar-refractivity contribution is 0.233. The Morgan fingerprint density at radius 1 is 1.42 bits per heavy atom. The second-order valence-electron chi connectivity index (χ2n) is 5.94. The number of thiocarbonyl (C=S) groups is 1. The highest BCUT2D eigenvalue weighted by atomic mass is 32.1. The van der Waals surface area contributed by atoms with Gasteiger partial charge in [-0.05, 0) is 36.8 Å². The number of anilines is 1. The van der Waals surface area contributed by atoms with Crippen molar-refractivity contribution in [2.24, 2.45) is 11.1 Å². The number of nitrogens with two attached hydrogens (primary N) is 1. The van der Waals surface area contributed by atoms with E-state index < -0.39 is 0 Å². The zero-order valence-electron chi connectivity index (χ0n) is 11.8. The molecule has 0 aliphatic heterocycles. The van der Waals surface area contributed by atoms with Gasteiger partial charge in [0, 0.05) is 12.7 Å². The van der Waals surface area contributed by atoms with E-state index in [2.05, 4.69) is 17.2 Å². The summed E-state index contributed by atoms with van der Waals surface area (Å²) in [4.78, 5) is 4.82. The molecule has 1 saturated carbocycles. The molecule has 1 heterocycles. The molecule has 1 aliphatic rings. The van der Waals surface area contributed by atoms with Gasteiger partial charge in [0.25, 0.3) is 0 Å². The van der Waals surface area contributed by atoms with Gasteiger partial charge in [-0.1, -0.05) is 38.4 Å². The van der Waals surface area contributed by atoms with Crippen LogP contribution in [0.2, 0.25) is 0 Å². The fourth-order valence-corrected chi connectivity index (χ4v) is 3.14. The molecule has 0 bridgehead atoms. The Bertz CT molecular complexity index is 464. The minimum atomic E-state index is 0.372. The lowest BCUT2D eigenvalue weighted by atomic mass is 9.76. The Morgan fingerprint density at radius 2 is 2.11 bits per heavy atom. The topological polar surface area (TPSA) is 50.9 Å². The van der Waals surface area contributed by atoms with Crippen LogP contribution in [0.25, 0.3) is 0 Å². The van der Waals surface area contributed by atoms with Gasteiger partial charge >= 0.3 is 0 Å². The molecular weight excluding hydrogens is 254 g/mol. The van der Waals surface area contributed by atoms with Crippen LogP contribution < -0.4 is 11.1 Å². The van der Waals surface area contributed by atoms with Crippen LogP contribution in [0.5, 0.6) is 0 Å². The number of pyridine rings is 1. The van der Waals surface area contributed by atoms with Crippen molar-refractivity contribution in [2.45, 2.75) is 46.0 Å². The van der Waals surface area contributed by atoms with Crippen LogP contribution in [0, 0.1) is 12.3 Å². The van der Waals surface area contributed by atoms with Crippen LogP contribution in [-0.4, -0.2) is 16.5 Å². The molecule has 3 nitrogen and oxygen atoms in total. The monoisotopic (exact) mass is 277 g/mol. The van der Waals surface area contributed by atoms with Crippen LogP contribution in [-0.2, 0) is 0 Å². The maximum atomic E-state index is 5.81. The van der Waals surface area contributed by atoms with E-state index in [9.17, 15) is 0 Å². The summed E-state index contributed by atoms with van der Waals surface area (Å²) in [7, 11) is 0. The van der Waals surface area contributed by atoms with Gasteiger partial charge in [-0.3, -0.25) is 0 Å². The third-order valence-electron chi connectivity index (χ3n) is 4.15. The predicted octanol–water partition coefficient (Wildman–Crippen LogP) is 3.41. The van der Waals surface area contributed by atoms with E-state index in [1.165, 1.54) is 32.1 Å². The summed E-state index contributed by atoms with van der Waals surface area (Å²) in [5, 5.41) is 3.47. The van der Waals surface area contributed by atoms with Crippen molar-refractivity contribution in [1.82, 2.24) is 4.98 Å². The molecular formula is C15H23N3S. The third-order valence-corrected chi connectivity index (χ3v) is 4.35. The summed E-state index contributed by atoms with van der Waals surface area (Å²) >= 11 is 5.13. The van der Waals surface area contributed by atoms with Crippen LogP contribution in [0.1, 0.15) is 50.2 Å². The van der Waals surface area contributed by atoms with Gasteiger partial charge in [-0.15, -0.1) is 0 Å². The Hall–Kier alpha value is -1.16. The van der Waals surface area contributed by atoms with Gasteiger partial charge in [0.05, 0.1) is 5.56 Å². The summed E-state index contributed by atoms with van der Waals surface area (Å²) in [6.45, 7) is 5.32. The molecule has 4 heteroatoms. The molecule has 0 atom stereocenters. The lowest BCUT2D eigenvalue weighted by Gasteiger charge is -2.34. The molecule has 19 heavy (non-hydrogen) atoms. The number of hydrogen-bond donors (Lipinski definition) is 2. The number of rotatable bonds is 4. The van der Waals surface area contributed by atoms with Gasteiger partial charge in [0.1, 0.15) is 10.8 Å². The summed E-state index contributed by atoms with van der Waals surface area (Å²) in [5.74, 6) is 0.833. The number of nitrogens with one attached hydrogen (secondary N) is 1. The molecule has 0 amide bonds. The Balaban J connectivity index is 2.11. The average molecular weight is 277 g/mol. The largest absolute Gasteiger partial charge is 0.389 e. The highest BCUT2D eigenvalue weighted by molar-refractivity contribution is 7.80. The van der Waals surface area contributed by atoms with E-state index in [1.54, 1.807) is 0 Å². The zero-order chi connectivity index (χ0) is 13.9. The van der Waals surface area contributed by atoms with Gasteiger partial charge in [0.15, 0.2) is 0 Å². The molecule has 0 saturated heterocycles. The Morgan fingerprint density at radius 3 is 2.74 bits per heavy atom. The van der Waals surface area contributed by atoms with Gasteiger partial charge in [-0.25, -0.2) is 4.98 Å². The Kier molecular flexibility index (Phi) is 4.40. The second kappa shape index (κ2) is 5.87. The van der Waals surface area contributed by atoms with Crippen molar-refractivity contribution in [3.63, 3.8) is 0 Å². The fraction of sp³-hybridized carbons (Fsp3) is 0.600. The molecule has 0 aromatic carbocycles. The SMILES string of the molecule is Cc1ccnc(NCC2(C)CCCCC2)c1C(N)=S. The van der Waals surface area contributed by atoms with E-state index in [4.69, 9.17) is 18.0 Å². The lowest BCUT2D eigenvalue weighted by Crippen LogP contribution is -2.30. The molecule has 1 aliphatic carbocycles. The van der Waals surface area contributed by atoms with Crippen molar-refractivity contribution in [3.8, 4) is 0 Å². The van der Waals surface area contributed by atoms with E-state index in [0.717, 1.165) is 23.5 Å². The van der Waals surface area contributed by atoms with Crippen molar-refractivity contribution in [3.05, 3.63) is 23.4 Å². The van der Waals surface area contributed by atoms with E-state index >= 15 is 0 Å². The quantitative estimate of drug-likeness (QED) is 0.828. The van der Waals surface area contributed by atoms with Crippen molar-refractivity contribution in [1.29, 1.82) is 0 Å². The molecule has 1 fully saturated rings. The van der Waals surface area contributed by atoms with Crippen molar-refractivity contribution in [2.75, 3.05) is 11.9 Å². The van der Waals surface area contributed by atoms with Gasteiger partial charge in [-0.2, -0.15) is 0 Å². The predicted molar refractivity (Wildman–Crippen MR) is 84.5 cm³/mol. The number of aromatic nitrogens is 1. The number of nitrogens with zero attached hydrogens (tertiary/aromatic N) is 1. The van der Waals surface area contributed by atoms with Gasteiger partial charge < -0.3 is 11.1 Å². The van der Waals surface area contributed by atoms with Crippen molar-refractivity contribution >= 4 is 23.0 Å². The average Bonchev–Trinajstić information content (AvgIpc) is 2.37. The third kappa shape index (κ3) is 3.44. The summed E-state index contributed by atoms with van der Waals surface area (Å²) in [6.07, 6.45) is 8.42. The van der Waals surface area contributed by atoms with E-state index in [1.807, 2.05) is 19.2 Å². The van der Waals surface area contributed by atoms with Crippen molar-refractivity contribution < 1.29 is 0 Å². The fourth-order valence-electron chi connectivity index (χ4n) is 2.88. The normalized spacial score (nSPS) is 18.0. The summed E-state index contributed by atoms with van der Waals surface area (Å²) in [5.41, 5.74) is 8.15. The molecule has 2 rings (SSSR count). The molecule has 3 N–H and O–H groups in total. The molecule has 0 unspecified atom stereocenters. The van der Waals surface area contributed by atoms with Crippen LogP contribution in [0.15, 0.2) is 12.3 Å². The van der Waals surface area contributed by atoms with Crippen LogP contribution in [0.3, 0.4) is 0 Å². The number of hydrogen-bond acceptors (Lipinski definition) is 3. The molecule has 1 aromatic rings. The number of aryl methyl sites for hydroxylation is 1. The van der Waals surface area contributed by atoms with Crippen LogP contribution >= 0.6 is 12.2 Å². The second-order valence-corrected chi connectivity index (χ2v) is 6.38. The van der Waals surface area contributed by atoms with E-state index in [0.29, 0.717) is 10.4 Å². The summed E-state index contributed by atoms with van der Waals surface area (Å²) < 4.78 is 0. The minimum absolute atomic E-state index is 0.372. The first kappa shape index (κ1) is 14.3. The molecule has 0 radical (unpaired) electrons. The maximum absolute atomic E-state index is 5.81. The highest BCUT2D eigenvalue weighted by Gasteiger charge is 2.27. The molecule has 104 valence electrons. The smallest absolute Gasteiger partial charge is 0.136 e. The first-order chi connectivity index (χ1) is 9.02. The Labute approximate surface area is 121 Å². The molecule has 0 spiro atoms. The van der Waals surface area contributed by atoms with E-state index in [-0.39, 0.29) is 0 Å². The van der Waals surface area contributed by atoms with Crippen LogP contribution in [0.4, 0.5) is 5.82 Å².